The Labute approximate surface area is 142 Å². The molecule has 6 heteroatoms. The first-order chi connectivity index (χ1) is 11.5. The maximum Gasteiger partial charge on any atom is 0.270 e. The summed E-state index contributed by atoms with van der Waals surface area (Å²) in [4.78, 5) is 23.3. The molecule has 0 atom stereocenters. The number of ether oxygens (including phenoxy) is 1. The number of nitrogens with zero attached hydrogens (tertiary/aromatic N) is 1. The fourth-order valence-corrected chi connectivity index (χ4v) is 2.80. The van der Waals surface area contributed by atoms with E-state index in [1.165, 1.54) is 18.2 Å². The summed E-state index contributed by atoms with van der Waals surface area (Å²) >= 11 is 6.09. The molecule has 0 aliphatic carbocycles. The van der Waals surface area contributed by atoms with Gasteiger partial charge in [-0.2, -0.15) is 0 Å². The molecule has 0 spiro atoms. The number of methoxy groups -OCH3 is 1. The normalized spacial score (nSPS) is 10.6. The minimum absolute atomic E-state index is 0.0983. The third kappa shape index (κ3) is 2.70. The highest BCUT2D eigenvalue weighted by molar-refractivity contribution is 6.35. The number of rotatable bonds is 4. The number of ketones is 1. The van der Waals surface area contributed by atoms with Crippen molar-refractivity contribution in [2.24, 2.45) is 0 Å². The highest BCUT2D eigenvalue weighted by Crippen LogP contribution is 2.31. The lowest BCUT2D eigenvalue weighted by Gasteiger charge is -2.10. The molecular weight excluding hydrogens is 330 g/mol. The van der Waals surface area contributed by atoms with E-state index in [1.807, 2.05) is 18.2 Å². The number of nitro groups is 1. The molecule has 0 bridgehead atoms. The molecule has 120 valence electrons. The molecule has 0 saturated carbocycles. The minimum atomic E-state index is -0.556. The predicted molar refractivity (Wildman–Crippen MR) is 92.0 cm³/mol. The number of non-ortho nitro benzene ring substituents is 1. The first-order valence-corrected chi connectivity index (χ1v) is 7.45. The van der Waals surface area contributed by atoms with Crippen molar-refractivity contribution in [1.29, 1.82) is 0 Å². The zero-order chi connectivity index (χ0) is 17.3. The van der Waals surface area contributed by atoms with Crippen LogP contribution < -0.4 is 4.74 Å². The van der Waals surface area contributed by atoms with Crippen molar-refractivity contribution in [2.75, 3.05) is 7.11 Å². The number of fused-ring (bicyclic) bond motifs is 1. The van der Waals surface area contributed by atoms with Gasteiger partial charge in [0.2, 0.25) is 0 Å². The van der Waals surface area contributed by atoms with Gasteiger partial charge in [-0.15, -0.1) is 0 Å². The van der Waals surface area contributed by atoms with E-state index < -0.39 is 4.92 Å². The van der Waals surface area contributed by atoms with Crippen LogP contribution in [0.3, 0.4) is 0 Å². The van der Waals surface area contributed by atoms with Crippen LogP contribution in [0, 0.1) is 10.1 Å². The smallest absolute Gasteiger partial charge is 0.270 e. The highest BCUT2D eigenvalue weighted by Gasteiger charge is 2.20. The Balaban J connectivity index is 2.20. The predicted octanol–water partition coefficient (Wildman–Crippen LogP) is 4.64. The zero-order valence-electron chi connectivity index (χ0n) is 12.7. The van der Waals surface area contributed by atoms with E-state index in [0.717, 1.165) is 5.39 Å². The van der Waals surface area contributed by atoms with Gasteiger partial charge in [-0.1, -0.05) is 35.9 Å². The van der Waals surface area contributed by atoms with Gasteiger partial charge in [0.15, 0.2) is 5.78 Å². The van der Waals surface area contributed by atoms with Crippen molar-refractivity contribution < 1.29 is 14.5 Å². The molecule has 3 rings (SSSR count). The summed E-state index contributed by atoms with van der Waals surface area (Å²) < 4.78 is 5.32. The van der Waals surface area contributed by atoms with Crippen LogP contribution in [0.2, 0.25) is 5.02 Å². The van der Waals surface area contributed by atoms with Gasteiger partial charge in [0, 0.05) is 28.6 Å². The van der Waals surface area contributed by atoms with Crippen molar-refractivity contribution >= 4 is 33.8 Å². The Morgan fingerprint density at radius 2 is 1.75 bits per heavy atom. The molecule has 24 heavy (non-hydrogen) atoms. The number of halogens is 1. The number of hydrogen-bond donors (Lipinski definition) is 0. The molecule has 3 aromatic rings. The maximum absolute atomic E-state index is 12.9. The van der Waals surface area contributed by atoms with Gasteiger partial charge < -0.3 is 4.74 Å². The van der Waals surface area contributed by atoms with E-state index in [4.69, 9.17) is 16.3 Å². The number of nitro benzene ring substituents is 1. The summed E-state index contributed by atoms with van der Waals surface area (Å²) in [7, 11) is 1.56. The third-order valence-electron chi connectivity index (χ3n) is 3.75. The molecular formula is C18H12ClNO4. The van der Waals surface area contributed by atoms with E-state index in [9.17, 15) is 14.9 Å². The van der Waals surface area contributed by atoms with Crippen molar-refractivity contribution in [2.45, 2.75) is 0 Å². The summed E-state index contributed by atoms with van der Waals surface area (Å²) in [5, 5.41) is 12.6. The van der Waals surface area contributed by atoms with Crippen molar-refractivity contribution in [3.8, 4) is 5.75 Å². The van der Waals surface area contributed by atoms with Crippen LogP contribution >= 0.6 is 11.6 Å². The minimum Gasteiger partial charge on any atom is -0.496 e. The molecule has 5 nitrogen and oxygen atoms in total. The third-order valence-corrected chi connectivity index (χ3v) is 4.08. The lowest BCUT2D eigenvalue weighted by Crippen LogP contribution is -2.04. The molecule has 3 aromatic carbocycles. The number of benzene rings is 3. The second kappa shape index (κ2) is 6.29. The fourth-order valence-electron chi connectivity index (χ4n) is 2.59. The van der Waals surface area contributed by atoms with Crippen LogP contribution in [0.15, 0.2) is 54.6 Å². The Hall–Kier alpha value is -2.92. The lowest BCUT2D eigenvalue weighted by atomic mass is 9.96. The molecule has 0 N–H and O–H groups in total. The van der Waals surface area contributed by atoms with Crippen molar-refractivity contribution in [1.82, 2.24) is 0 Å². The van der Waals surface area contributed by atoms with Gasteiger partial charge in [-0.3, -0.25) is 14.9 Å². The molecule has 0 aliphatic rings. The Morgan fingerprint density at radius 3 is 2.42 bits per heavy atom. The molecule has 0 fully saturated rings. The Morgan fingerprint density at radius 1 is 1.04 bits per heavy atom. The molecule has 0 radical (unpaired) electrons. The fraction of sp³-hybridized carbons (Fsp3) is 0.0556. The second-order valence-electron chi connectivity index (χ2n) is 5.11. The van der Waals surface area contributed by atoms with E-state index in [1.54, 1.807) is 25.3 Å². The summed E-state index contributed by atoms with van der Waals surface area (Å²) in [6.07, 6.45) is 0. The standard InChI is InChI=1S/C18H12ClNO4/c1-24-17-9-7-14(12-4-2-3-5-13(12)17)18(21)15-10-11(20(22)23)6-8-16(15)19/h2-10H,1H3. The monoisotopic (exact) mass is 341 g/mol. The lowest BCUT2D eigenvalue weighted by molar-refractivity contribution is -0.384. The van der Waals surface area contributed by atoms with Gasteiger partial charge in [0.05, 0.1) is 17.1 Å². The number of carbonyl (C=O) groups excluding carboxylic acids is 1. The number of carbonyl (C=O) groups is 1. The van der Waals surface area contributed by atoms with Crippen LogP contribution in [-0.4, -0.2) is 17.8 Å². The summed E-state index contributed by atoms with van der Waals surface area (Å²) in [5.41, 5.74) is 0.329. The average molecular weight is 342 g/mol. The van der Waals surface area contributed by atoms with Gasteiger partial charge in [0.25, 0.3) is 5.69 Å². The summed E-state index contributed by atoms with van der Waals surface area (Å²) in [6, 6.07) is 14.5. The first kappa shape index (κ1) is 16.0. The molecule has 0 aliphatic heterocycles. The topological polar surface area (TPSA) is 69.4 Å². The van der Waals surface area contributed by atoms with Crippen LogP contribution in [0.5, 0.6) is 5.75 Å². The van der Waals surface area contributed by atoms with E-state index >= 15 is 0 Å². The molecule has 0 amide bonds. The first-order valence-electron chi connectivity index (χ1n) is 7.07. The maximum atomic E-state index is 12.9. The van der Waals surface area contributed by atoms with E-state index in [2.05, 4.69) is 0 Å². The van der Waals surface area contributed by atoms with Crippen LogP contribution in [0.1, 0.15) is 15.9 Å². The van der Waals surface area contributed by atoms with Gasteiger partial charge >= 0.3 is 0 Å². The molecule has 0 heterocycles. The van der Waals surface area contributed by atoms with Crippen LogP contribution in [0.25, 0.3) is 10.8 Å². The SMILES string of the molecule is COc1ccc(C(=O)c2cc([N+](=O)[O-])ccc2Cl)c2ccccc12. The average Bonchev–Trinajstić information content (AvgIpc) is 2.60. The molecule has 0 unspecified atom stereocenters. The Bertz CT molecular complexity index is 968. The van der Waals surface area contributed by atoms with Crippen LogP contribution in [0.4, 0.5) is 5.69 Å². The van der Waals surface area contributed by atoms with Gasteiger partial charge in [-0.05, 0) is 23.6 Å². The zero-order valence-corrected chi connectivity index (χ0v) is 13.4. The summed E-state index contributed by atoms with van der Waals surface area (Å²) in [6.45, 7) is 0. The summed E-state index contributed by atoms with van der Waals surface area (Å²) in [5.74, 6) is 0.273. The number of hydrogen-bond acceptors (Lipinski definition) is 4. The molecule has 0 saturated heterocycles. The van der Waals surface area contributed by atoms with Gasteiger partial charge in [0.1, 0.15) is 5.75 Å². The largest absolute Gasteiger partial charge is 0.496 e. The van der Waals surface area contributed by atoms with E-state index in [0.29, 0.717) is 16.7 Å². The second-order valence-corrected chi connectivity index (χ2v) is 5.52. The molecule has 0 aromatic heterocycles. The van der Waals surface area contributed by atoms with Crippen molar-refractivity contribution in [3.63, 3.8) is 0 Å². The van der Waals surface area contributed by atoms with E-state index in [-0.39, 0.29) is 22.1 Å². The Kier molecular flexibility index (Phi) is 4.18. The van der Waals surface area contributed by atoms with Crippen LogP contribution in [-0.2, 0) is 0 Å². The highest BCUT2D eigenvalue weighted by atomic mass is 35.5. The van der Waals surface area contributed by atoms with Crippen molar-refractivity contribution in [3.05, 3.63) is 80.9 Å². The quantitative estimate of drug-likeness (QED) is 0.394. The van der Waals surface area contributed by atoms with Gasteiger partial charge in [-0.25, -0.2) is 0 Å².